The van der Waals surface area contributed by atoms with E-state index in [1.54, 1.807) is 24.3 Å². The highest BCUT2D eigenvalue weighted by Gasteiger charge is 2.13. The number of hydrogen-bond acceptors (Lipinski definition) is 4. The van der Waals surface area contributed by atoms with Gasteiger partial charge in [-0.25, -0.2) is 0 Å². The van der Waals surface area contributed by atoms with Crippen molar-refractivity contribution in [3.8, 4) is 17.6 Å². The average molecular weight is 350 g/mol. The minimum absolute atomic E-state index is 0.00664. The minimum Gasteiger partial charge on any atom is -0.497 e. The molecule has 0 heterocycles. The third kappa shape index (κ3) is 4.64. The summed E-state index contributed by atoms with van der Waals surface area (Å²) in [5.41, 5.74) is 2.44. The molecule has 0 radical (unpaired) electrons. The van der Waals surface area contributed by atoms with E-state index >= 15 is 0 Å². The maximum Gasteiger partial charge on any atom is 0.266 e. The summed E-state index contributed by atoms with van der Waals surface area (Å²) in [6.07, 6.45) is 1.56. The molecule has 5 heteroatoms. The van der Waals surface area contributed by atoms with Crippen molar-refractivity contribution in [2.24, 2.45) is 0 Å². The lowest BCUT2D eigenvalue weighted by Gasteiger charge is -2.11. The number of methoxy groups -OCH3 is 2. The van der Waals surface area contributed by atoms with Crippen LogP contribution in [0, 0.1) is 11.3 Å². The van der Waals surface area contributed by atoms with Crippen LogP contribution in [-0.4, -0.2) is 20.1 Å². The van der Waals surface area contributed by atoms with Crippen molar-refractivity contribution < 1.29 is 14.3 Å². The first-order chi connectivity index (χ1) is 12.5. The Bertz CT molecular complexity index is 847. The second-order valence-corrected chi connectivity index (χ2v) is 6.01. The number of rotatable bonds is 6. The molecule has 0 unspecified atom stereocenters. The number of anilines is 1. The van der Waals surface area contributed by atoms with Crippen LogP contribution in [0.2, 0.25) is 0 Å². The standard InChI is InChI=1S/C21H22N2O3/c1-14(2)16-7-5-15(6-8-16)11-17(13-22)21(24)23-19-12-18(25-3)9-10-20(19)26-4/h5-12,14H,1-4H3,(H,23,24)/b17-11+. The lowest BCUT2D eigenvalue weighted by atomic mass is 10.0. The Hall–Kier alpha value is -3.26. The zero-order valence-corrected chi connectivity index (χ0v) is 15.4. The lowest BCUT2D eigenvalue weighted by Crippen LogP contribution is -2.14. The number of ether oxygens (including phenoxy) is 2. The number of carbonyl (C=O) groups is 1. The zero-order chi connectivity index (χ0) is 19.1. The number of nitrogens with zero attached hydrogens (tertiary/aromatic N) is 1. The second-order valence-electron chi connectivity index (χ2n) is 6.01. The van der Waals surface area contributed by atoms with Gasteiger partial charge in [-0.15, -0.1) is 0 Å². The molecule has 0 aliphatic rings. The molecule has 1 amide bonds. The molecule has 26 heavy (non-hydrogen) atoms. The third-order valence-electron chi connectivity index (χ3n) is 3.93. The topological polar surface area (TPSA) is 71.3 Å². The Morgan fingerprint density at radius 1 is 1.12 bits per heavy atom. The maximum atomic E-state index is 12.5. The van der Waals surface area contributed by atoms with Crippen molar-refractivity contribution in [1.29, 1.82) is 5.26 Å². The van der Waals surface area contributed by atoms with Crippen molar-refractivity contribution in [3.05, 3.63) is 59.2 Å². The fraction of sp³-hybridized carbons (Fsp3) is 0.238. The van der Waals surface area contributed by atoms with Crippen LogP contribution in [0.1, 0.15) is 30.9 Å². The highest BCUT2D eigenvalue weighted by atomic mass is 16.5. The van der Waals surface area contributed by atoms with E-state index in [1.165, 1.54) is 19.8 Å². The molecule has 2 aromatic rings. The van der Waals surface area contributed by atoms with E-state index in [1.807, 2.05) is 30.3 Å². The Morgan fingerprint density at radius 2 is 1.81 bits per heavy atom. The average Bonchev–Trinajstić information content (AvgIpc) is 2.66. The molecule has 0 aromatic heterocycles. The second kappa shape index (κ2) is 8.72. The maximum absolute atomic E-state index is 12.5. The molecular formula is C21H22N2O3. The predicted molar refractivity (Wildman–Crippen MR) is 102 cm³/mol. The van der Waals surface area contributed by atoms with Gasteiger partial charge >= 0.3 is 0 Å². The van der Waals surface area contributed by atoms with Gasteiger partial charge in [0.25, 0.3) is 5.91 Å². The molecule has 2 aromatic carbocycles. The lowest BCUT2D eigenvalue weighted by molar-refractivity contribution is -0.112. The molecule has 134 valence electrons. The molecular weight excluding hydrogens is 328 g/mol. The van der Waals surface area contributed by atoms with Crippen molar-refractivity contribution in [2.75, 3.05) is 19.5 Å². The number of carbonyl (C=O) groups excluding carboxylic acids is 1. The largest absolute Gasteiger partial charge is 0.497 e. The summed E-state index contributed by atoms with van der Waals surface area (Å²) in [6, 6.07) is 14.8. The van der Waals surface area contributed by atoms with E-state index < -0.39 is 5.91 Å². The van der Waals surface area contributed by atoms with Crippen LogP contribution in [0.25, 0.3) is 6.08 Å². The highest BCUT2D eigenvalue weighted by Crippen LogP contribution is 2.29. The van der Waals surface area contributed by atoms with Crippen LogP contribution >= 0.6 is 0 Å². The zero-order valence-electron chi connectivity index (χ0n) is 15.4. The first-order valence-electron chi connectivity index (χ1n) is 8.23. The van der Waals surface area contributed by atoms with Crippen LogP contribution < -0.4 is 14.8 Å². The minimum atomic E-state index is -0.507. The van der Waals surface area contributed by atoms with Gasteiger partial charge in [0.1, 0.15) is 23.1 Å². The Morgan fingerprint density at radius 3 is 2.35 bits per heavy atom. The van der Waals surface area contributed by atoms with Crippen LogP contribution in [0.15, 0.2) is 48.0 Å². The fourth-order valence-corrected chi connectivity index (χ4v) is 2.39. The van der Waals surface area contributed by atoms with Crippen molar-refractivity contribution in [1.82, 2.24) is 0 Å². The molecule has 0 aliphatic carbocycles. The molecule has 1 N–H and O–H groups in total. The van der Waals surface area contributed by atoms with Gasteiger partial charge in [-0.05, 0) is 35.3 Å². The number of amides is 1. The van der Waals surface area contributed by atoms with Gasteiger partial charge in [0.2, 0.25) is 0 Å². The van der Waals surface area contributed by atoms with E-state index in [4.69, 9.17) is 9.47 Å². The number of nitriles is 1. The Balaban J connectivity index is 2.25. The van der Waals surface area contributed by atoms with Gasteiger partial charge in [0.15, 0.2) is 0 Å². The third-order valence-corrected chi connectivity index (χ3v) is 3.93. The number of benzene rings is 2. The van der Waals surface area contributed by atoms with Crippen molar-refractivity contribution >= 4 is 17.7 Å². The number of nitrogens with one attached hydrogen (secondary N) is 1. The summed E-state index contributed by atoms with van der Waals surface area (Å²) in [6.45, 7) is 4.22. The molecule has 0 saturated heterocycles. The van der Waals surface area contributed by atoms with E-state index in [-0.39, 0.29) is 5.57 Å². The van der Waals surface area contributed by atoms with Gasteiger partial charge in [-0.3, -0.25) is 4.79 Å². The fourth-order valence-electron chi connectivity index (χ4n) is 2.39. The van der Waals surface area contributed by atoms with Gasteiger partial charge < -0.3 is 14.8 Å². The van der Waals surface area contributed by atoms with Gasteiger partial charge in [-0.2, -0.15) is 5.26 Å². The summed E-state index contributed by atoms with van der Waals surface area (Å²) in [5.74, 6) is 0.977. The van der Waals surface area contributed by atoms with Crippen molar-refractivity contribution in [3.63, 3.8) is 0 Å². The first-order valence-corrected chi connectivity index (χ1v) is 8.23. The smallest absolute Gasteiger partial charge is 0.266 e. The molecule has 0 bridgehead atoms. The van der Waals surface area contributed by atoms with Crippen LogP contribution in [0.3, 0.4) is 0 Å². The van der Waals surface area contributed by atoms with Gasteiger partial charge in [0.05, 0.1) is 19.9 Å². The van der Waals surface area contributed by atoms with E-state index in [2.05, 4.69) is 19.2 Å². The first kappa shape index (κ1) is 19.1. The molecule has 0 aliphatic heterocycles. The molecule has 0 atom stereocenters. The Labute approximate surface area is 153 Å². The van der Waals surface area contributed by atoms with Crippen LogP contribution in [-0.2, 0) is 4.79 Å². The summed E-state index contributed by atoms with van der Waals surface area (Å²) in [7, 11) is 3.05. The van der Waals surface area contributed by atoms with E-state index in [0.29, 0.717) is 23.1 Å². The van der Waals surface area contributed by atoms with E-state index in [0.717, 1.165) is 5.56 Å². The quantitative estimate of drug-likeness (QED) is 0.620. The highest BCUT2D eigenvalue weighted by molar-refractivity contribution is 6.10. The summed E-state index contributed by atoms with van der Waals surface area (Å²) in [4.78, 5) is 12.5. The van der Waals surface area contributed by atoms with Crippen molar-refractivity contribution in [2.45, 2.75) is 19.8 Å². The summed E-state index contributed by atoms with van der Waals surface area (Å²) in [5, 5.41) is 12.1. The summed E-state index contributed by atoms with van der Waals surface area (Å²) >= 11 is 0. The van der Waals surface area contributed by atoms with Gasteiger partial charge in [0, 0.05) is 6.07 Å². The van der Waals surface area contributed by atoms with E-state index in [9.17, 15) is 10.1 Å². The summed E-state index contributed by atoms with van der Waals surface area (Å²) < 4.78 is 10.4. The molecule has 0 fully saturated rings. The van der Waals surface area contributed by atoms with Crippen LogP contribution in [0.5, 0.6) is 11.5 Å². The van der Waals surface area contributed by atoms with Crippen LogP contribution in [0.4, 0.5) is 5.69 Å². The predicted octanol–water partition coefficient (Wildman–Crippen LogP) is 4.37. The molecule has 5 nitrogen and oxygen atoms in total. The molecule has 0 spiro atoms. The number of hydrogen-bond donors (Lipinski definition) is 1. The molecule has 0 saturated carbocycles. The normalized spacial score (nSPS) is 11.0. The Kier molecular flexibility index (Phi) is 6.40. The molecule has 2 rings (SSSR count). The SMILES string of the molecule is COc1ccc(OC)c(NC(=O)/C(C#N)=C/c2ccc(C(C)C)cc2)c1. The van der Waals surface area contributed by atoms with Gasteiger partial charge in [-0.1, -0.05) is 38.1 Å². The monoisotopic (exact) mass is 350 g/mol.